The molecule has 0 aliphatic carbocycles. The van der Waals surface area contributed by atoms with Crippen molar-refractivity contribution in [2.45, 2.75) is 12.4 Å². The van der Waals surface area contributed by atoms with E-state index in [0.717, 1.165) is 0 Å². The highest BCUT2D eigenvalue weighted by atomic mass is 19.4. The van der Waals surface area contributed by atoms with E-state index in [1.165, 1.54) is 0 Å². The summed E-state index contributed by atoms with van der Waals surface area (Å²) in [6, 6.07) is 0. The molecule has 3 nitrogen and oxygen atoms in total. The first kappa shape index (κ1) is 16.3. The van der Waals surface area contributed by atoms with E-state index in [2.05, 4.69) is 9.47 Å². The van der Waals surface area contributed by atoms with Crippen molar-refractivity contribution in [1.29, 1.82) is 0 Å². The molecule has 0 unspecified atom stereocenters. The van der Waals surface area contributed by atoms with Gasteiger partial charge in [0.1, 0.15) is 13.2 Å². The van der Waals surface area contributed by atoms with Gasteiger partial charge in [0.05, 0.1) is 0 Å². The second-order valence-electron chi connectivity index (χ2n) is 2.76. The predicted molar refractivity (Wildman–Crippen MR) is 47.7 cm³/mol. The number of carbonyl (C=O) groups is 1. The molecule has 104 valence electrons. The fraction of sp³-hybridized carbons (Fsp3) is 0.444. The van der Waals surface area contributed by atoms with Crippen LogP contribution in [0.25, 0.3) is 0 Å². The summed E-state index contributed by atoms with van der Waals surface area (Å²) in [5, 5.41) is 0. The van der Waals surface area contributed by atoms with E-state index in [0.29, 0.717) is 12.2 Å². The smallest absolute Gasteiger partial charge is 0.430 e. The average molecular weight is 278 g/mol. The molecule has 0 amide bonds. The summed E-state index contributed by atoms with van der Waals surface area (Å²) in [4.78, 5) is 10.6. The van der Waals surface area contributed by atoms with E-state index in [4.69, 9.17) is 0 Å². The summed E-state index contributed by atoms with van der Waals surface area (Å²) >= 11 is 0. The zero-order valence-corrected chi connectivity index (χ0v) is 8.72. The normalized spacial score (nSPS) is 13.2. The first-order valence-electron chi connectivity index (χ1n) is 4.38. The Morgan fingerprint density at radius 1 is 0.833 bits per heavy atom. The molecule has 0 rings (SSSR count). The van der Waals surface area contributed by atoms with Crippen LogP contribution in [0.5, 0.6) is 0 Å². The van der Waals surface area contributed by atoms with Gasteiger partial charge >= 0.3 is 18.5 Å². The third-order valence-electron chi connectivity index (χ3n) is 1.21. The molecule has 0 N–H and O–H groups in total. The molecule has 0 aliphatic heterocycles. The maximum Gasteiger partial charge on any atom is 0.508 e. The number of hydrogen-bond donors (Lipinski definition) is 0. The molecule has 0 bridgehead atoms. The molecule has 0 aromatic heterocycles. The van der Waals surface area contributed by atoms with Crippen molar-refractivity contribution in [3.8, 4) is 0 Å². The number of allylic oxidation sites excluding steroid dienone is 2. The van der Waals surface area contributed by atoms with Crippen LogP contribution in [-0.2, 0) is 9.47 Å². The van der Waals surface area contributed by atoms with E-state index in [-0.39, 0.29) is 12.2 Å². The van der Waals surface area contributed by atoms with Gasteiger partial charge < -0.3 is 9.47 Å². The number of alkyl halides is 6. The van der Waals surface area contributed by atoms with Crippen molar-refractivity contribution in [2.24, 2.45) is 0 Å². The largest absolute Gasteiger partial charge is 0.508 e. The molecule has 0 aromatic carbocycles. The van der Waals surface area contributed by atoms with Crippen LogP contribution in [0.1, 0.15) is 0 Å². The molecule has 9 heteroatoms. The van der Waals surface area contributed by atoms with Gasteiger partial charge in [-0.3, -0.25) is 0 Å². The SMILES string of the molecule is O=C(OCC=CC(F)(F)F)OCC=CC(F)(F)F. The Labute approximate surface area is 97.7 Å². The zero-order valence-electron chi connectivity index (χ0n) is 8.72. The Balaban J connectivity index is 3.74. The van der Waals surface area contributed by atoms with Gasteiger partial charge in [-0.1, -0.05) is 0 Å². The zero-order chi connectivity index (χ0) is 14.2. The Hall–Kier alpha value is -1.67. The third-order valence-corrected chi connectivity index (χ3v) is 1.21. The van der Waals surface area contributed by atoms with E-state index in [1.807, 2.05) is 0 Å². The molecular formula is C9H8F6O3. The minimum Gasteiger partial charge on any atom is -0.430 e. The molecule has 0 saturated heterocycles. The number of ether oxygens (including phenoxy) is 2. The molecular weight excluding hydrogens is 270 g/mol. The first-order valence-corrected chi connectivity index (χ1v) is 4.38. The van der Waals surface area contributed by atoms with Crippen LogP contribution in [-0.4, -0.2) is 31.7 Å². The van der Waals surface area contributed by atoms with Gasteiger partial charge in [-0.2, -0.15) is 26.3 Å². The van der Waals surface area contributed by atoms with Crippen molar-refractivity contribution in [2.75, 3.05) is 13.2 Å². The number of carbonyl (C=O) groups excluding carboxylic acids is 1. The second-order valence-corrected chi connectivity index (χ2v) is 2.76. The fourth-order valence-corrected chi connectivity index (χ4v) is 0.637. The van der Waals surface area contributed by atoms with Crippen LogP contribution in [0.15, 0.2) is 24.3 Å². The number of halogens is 6. The quantitative estimate of drug-likeness (QED) is 0.449. The Morgan fingerprint density at radius 3 is 1.44 bits per heavy atom. The third kappa shape index (κ3) is 12.4. The lowest BCUT2D eigenvalue weighted by Crippen LogP contribution is -2.09. The van der Waals surface area contributed by atoms with Gasteiger partial charge in [0, 0.05) is 12.2 Å². The van der Waals surface area contributed by atoms with Gasteiger partial charge in [0.15, 0.2) is 0 Å². The van der Waals surface area contributed by atoms with Crippen LogP contribution in [0.3, 0.4) is 0 Å². The summed E-state index contributed by atoms with van der Waals surface area (Å²) in [5.74, 6) is 0. The monoisotopic (exact) mass is 278 g/mol. The fourth-order valence-electron chi connectivity index (χ4n) is 0.637. The standard InChI is InChI=1S/C9H8F6O3/c10-8(11,12)3-1-5-17-7(16)18-6-2-4-9(13,14)15/h1-4H,5-6H2. The molecule has 0 aromatic rings. The van der Waals surface area contributed by atoms with Crippen molar-refractivity contribution < 1.29 is 40.6 Å². The highest BCUT2D eigenvalue weighted by molar-refractivity contribution is 5.60. The summed E-state index contributed by atoms with van der Waals surface area (Å²) in [5.41, 5.74) is 0. The van der Waals surface area contributed by atoms with E-state index in [9.17, 15) is 31.1 Å². The van der Waals surface area contributed by atoms with Crippen LogP contribution >= 0.6 is 0 Å². The van der Waals surface area contributed by atoms with Crippen LogP contribution in [0, 0.1) is 0 Å². The summed E-state index contributed by atoms with van der Waals surface area (Å²) in [6.45, 7) is -1.39. The minimum absolute atomic E-state index is 0.149. The van der Waals surface area contributed by atoms with Crippen molar-refractivity contribution in [3.63, 3.8) is 0 Å². The van der Waals surface area contributed by atoms with Crippen molar-refractivity contribution in [3.05, 3.63) is 24.3 Å². The highest BCUT2D eigenvalue weighted by Crippen LogP contribution is 2.16. The van der Waals surface area contributed by atoms with E-state index >= 15 is 0 Å². The van der Waals surface area contributed by atoms with Gasteiger partial charge in [0.2, 0.25) is 0 Å². The van der Waals surface area contributed by atoms with Gasteiger partial charge in [0.25, 0.3) is 0 Å². The van der Waals surface area contributed by atoms with Gasteiger partial charge in [-0.25, -0.2) is 4.79 Å². The summed E-state index contributed by atoms with van der Waals surface area (Å²) in [7, 11) is 0. The summed E-state index contributed by atoms with van der Waals surface area (Å²) < 4.78 is 77.6. The van der Waals surface area contributed by atoms with Gasteiger partial charge in [-0.15, -0.1) is 0 Å². The molecule has 0 spiro atoms. The molecule has 0 radical (unpaired) electrons. The number of hydrogen-bond acceptors (Lipinski definition) is 3. The Bertz CT molecular complexity index is 285. The maximum atomic E-state index is 11.6. The highest BCUT2D eigenvalue weighted by Gasteiger charge is 2.22. The van der Waals surface area contributed by atoms with Crippen molar-refractivity contribution in [1.82, 2.24) is 0 Å². The molecule has 18 heavy (non-hydrogen) atoms. The molecule has 0 aliphatic rings. The molecule has 0 heterocycles. The van der Waals surface area contributed by atoms with Crippen LogP contribution < -0.4 is 0 Å². The maximum absolute atomic E-state index is 11.6. The lowest BCUT2D eigenvalue weighted by molar-refractivity contribution is -0.0810. The molecule has 0 saturated carbocycles. The first-order chi connectivity index (χ1) is 8.10. The second kappa shape index (κ2) is 6.92. The van der Waals surface area contributed by atoms with Crippen LogP contribution in [0.4, 0.5) is 31.1 Å². The van der Waals surface area contributed by atoms with Crippen molar-refractivity contribution >= 4 is 6.16 Å². The van der Waals surface area contributed by atoms with E-state index in [1.54, 1.807) is 0 Å². The Kier molecular flexibility index (Phi) is 6.28. The van der Waals surface area contributed by atoms with Crippen LogP contribution in [0.2, 0.25) is 0 Å². The Morgan fingerprint density at radius 2 is 1.17 bits per heavy atom. The topological polar surface area (TPSA) is 35.5 Å². The molecule has 0 atom stereocenters. The minimum atomic E-state index is -4.53. The predicted octanol–water partition coefficient (Wildman–Crippen LogP) is 3.38. The lowest BCUT2D eigenvalue weighted by atomic mass is 10.5. The molecule has 0 fully saturated rings. The lowest BCUT2D eigenvalue weighted by Gasteiger charge is -2.02. The summed E-state index contributed by atoms with van der Waals surface area (Å²) in [6.07, 6.45) is -9.67. The van der Waals surface area contributed by atoms with Gasteiger partial charge in [-0.05, 0) is 12.2 Å². The number of rotatable bonds is 4. The average Bonchev–Trinajstić information content (AvgIpc) is 2.17. The van der Waals surface area contributed by atoms with E-state index < -0.39 is 31.7 Å².